The molecule has 0 radical (unpaired) electrons. The molecular weight excluding hydrogens is 350 g/mol. The monoisotopic (exact) mass is 367 g/mol. The van der Waals surface area contributed by atoms with E-state index in [2.05, 4.69) is 4.99 Å². The zero-order chi connectivity index (χ0) is 18.3. The van der Waals surface area contributed by atoms with Crippen molar-refractivity contribution in [2.24, 2.45) is 4.99 Å². The molecule has 26 heavy (non-hydrogen) atoms. The van der Waals surface area contributed by atoms with Gasteiger partial charge in [0.25, 0.3) is 5.56 Å². The number of fused-ring (bicyclic) bond motifs is 1. The SMILES string of the molecule is CC(=O)c1cccc(N2CN=c3sc(=Cc4ccc(C)o4)c(=O)n3C2)c1. The largest absolute Gasteiger partial charge is 0.462 e. The number of hydrogen-bond acceptors (Lipinski definition) is 6. The quantitative estimate of drug-likeness (QED) is 0.663. The van der Waals surface area contributed by atoms with Crippen LogP contribution in [0.15, 0.2) is 50.6 Å². The minimum Gasteiger partial charge on any atom is -0.462 e. The van der Waals surface area contributed by atoms with Gasteiger partial charge in [-0.15, -0.1) is 0 Å². The Bertz CT molecular complexity index is 1170. The number of benzene rings is 1. The highest BCUT2D eigenvalue weighted by Crippen LogP contribution is 2.18. The van der Waals surface area contributed by atoms with Crippen molar-refractivity contribution in [2.75, 3.05) is 11.6 Å². The lowest BCUT2D eigenvalue weighted by Crippen LogP contribution is -2.42. The average Bonchev–Trinajstić information content (AvgIpc) is 3.18. The van der Waals surface area contributed by atoms with Crippen LogP contribution in [0.25, 0.3) is 6.08 Å². The van der Waals surface area contributed by atoms with Crippen LogP contribution in [-0.2, 0) is 6.67 Å². The van der Waals surface area contributed by atoms with Gasteiger partial charge >= 0.3 is 0 Å². The van der Waals surface area contributed by atoms with Gasteiger partial charge in [0.1, 0.15) is 24.9 Å². The highest BCUT2D eigenvalue weighted by molar-refractivity contribution is 7.07. The van der Waals surface area contributed by atoms with Gasteiger partial charge in [0.15, 0.2) is 10.6 Å². The van der Waals surface area contributed by atoms with Crippen molar-refractivity contribution in [3.63, 3.8) is 0 Å². The van der Waals surface area contributed by atoms with Crippen LogP contribution in [0.3, 0.4) is 0 Å². The summed E-state index contributed by atoms with van der Waals surface area (Å²) in [6.45, 7) is 4.26. The maximum absolute atomic E-state index is 12.7. The number of nitrogens with zero attached hydrogens (tertiary/aromatic N) is 3. The summed E-state index contributed by atoms with van der Waals surface area (Å²) in [5, 5.41) is 0. The van der Waals surface area contributed by atoms with E-state index in [0.29, 0.717) is 34.0 Å². The fourth-order valence-corrected chi connectivity index (χ4v) is 3.80. The lowest BCUT2D eigenvalue weighted by Gasteiger charge is -2.25. The van der Waals surface area contributed by atoms with E-state index in [-0.39, 0.29) is 11.3 Å². The zero-order valence-electron chi connectivity index (χ0n) is 14.4. The Morgan fingerprint density at radius 2 is 2.15 bits per heavy atom. The molecule has 132 valence electrons. The van der Waals surface area contributed by atoms with Crippen LogP contribution in [-0.4, -0.2) is 17.0 Å². The number of carbonyl (C=O) groups is 1. The molecule has 3 aromatic rings. The molecule has 0 fully saturated rings. The predicted molar refractivity (Wildman–Crippen MR) is 100 cm³/mol. The van der Waals surface area contributed by atoms with Gasteiger partial charge in [0, 0.05) is 17.3 Å². The third-order valence-corrected chi connectivity index (χ3v) is 5.27. The lowest BCUT2D eigenvalue weighted by molar-refractivity contribution is 0.101. The van der Waals surface area contributed by atoms with E-state index in [1.165, 1.54) is 11.3 Å². The van der Waals surface area contributed by atoms with E-state index in [4.69, 9.17) is 4.42 Å². The molecule has 3 heterocycles. The second kappa shape index (κ2) is 6.42. The number of aromatic nitrogens is 1. The minimum absolute atomic E-state index is 0.0137. The van der Waals surface area contributed by atoms with E-state index in [0.717, 1.165) is 11.4 Å². The molecule has 0 unspecified atom stereocenters. The second-order valence-corrected chi connectivity index (χ2v) is 7.17. The highest BCUT2D eigenvalue weighted by Gasteiger charge is 2.16. The molecule has 1 aliphatic rings. The Morgan fingerprint density at radius 3 is 2.88 bits per heavy atom. The van der Waals surface area contributed by atoms with E-state index in [1.54, 1.807) is 23.6 Å². The molecule has 0 amide bonds. The van der Waals surface area contributed by atoms with E-state index in [9.17, 15) is 9.59 Å². The summed E-state index contributed by atoms with van der Waals surface area (Å²) in [5.41, 5.74) is 1.43. The minimum atomic E-state index is -0.0878. The molecule has 0 spiro atoms. The summed E-state index contributed by atoms with van der Waals surface area (Å²) < 4.78 is 7.77. The number of carbonyl (C=O) groups excluding carboxylic acids is 1. The maximum atomic E-state index is 12.7. The van der Waals surface area contributed by atoms with E-state index >= 15 is 0 Å². The first-order chi connectivity index (χ1) is 12.5. The molecule has 1 aliphatic heterocycles. The topological polar surface area (TPSA) is 67.8 Å². The number of rotatable bonds is 3. The molecule has 0 saturated heterocycles. The Hall–Kier alpha value is -2.93. The molecule has 2 aromatic heterocycles. The van der Waals surface area contributed by atoms with Crippen molar-refractivity contribution < 1.29 is 9.21 Å². The standard InChI is InChI=1S/C19H17N3O3S/c1-12-6-7-16(25-12)9-17-18(24)22-11-21(10-20-19(22)26-17)15-5-3-4-14(8-15)13(2)23/h3-9H,10-11H2,1-2H3. The Labute approximate surface area is 153 Å². The number of ketones is 1. The van der Waals surface area contributed by atoms with Crippen molar-refractivity contribution in [2.45, 2.75) is 20.5 Å². The normalized spacial score (nSPS) is 14.2. The number of hydrogen-bond donors (Lipinski definition) is 0. The number of thiazole rings is 1. The Kier molecular flexibility index (Phi) is 4.08. The van der Waals surface area contributed by atoms with Crippen molar-refractivity contribution in [1.82, 2.24) is 4.57 Å². The second-order valence-electron chi connectivity index (χ2n) is 6.16. The number of anilines is 1. The van der Waals surface area contributed by atoms with Gasteiger partial charge in [-0.2, -0.15) is 0 Å². The van der Waals surface area contributed by atoms with Crippen LogP contribution in [0.5, 0.6) is 0 Å². The van der Waals surface area contributed by atoms with Gasteiger partial charge in [-0.1, -0.05) is 23.5 Å². The molecule has 0 saturated carbocycles. The van der Waals surface area contributed by atoms with Crippen LogP contribution in [0.2, 0.25) is 0 Å². The van der Waals surface area contributed by atoms with Crippen LogP contribution in [0, 0.1) is 6.92 Å². The predicted octanol–water partition coefficient (Wildman–Crippen LogP) is 1.90. The van der Waals surface area contributed by atoms with Gasteiger partial charge in [-0.25, -0.2) is 4.99 Å². The van der Waals surface area contributed by atoms with Crippen molar-refractivity contribution >= 4 is 28.9 Å². The summed E-state index contributed by atoms with van der Waals surface area (Å²) in [5.74, 6) is 1.48. The third kappa shape index (κ3) is 3.01. The Morgan fingerprint density at radius 1 is 1.31 bits per heavy atom. The van der Waals surface area contributed by atoms with Crippen molar-refractivity contribution in [3.05, 3.63) is 73.2 Å². The number of aryl methyl sites for hydroxylation is 1. The van der Waals surface area contributed by atoms with Gasteiger partial charge in [-0.3, -0.25) is 14.2 Å². The van der Waals surface area contributed by atoms with Crippen LogP contribution in [0.1, 0.15) is 28.8 Å². The average molecular weight is 367 g/mol. The van der Waals surface area contributed by atoms with Crippen LogP contribution < -0.4 is 19.8 Å². The van der Waals surface area contributed by atoms with Gasteiger partial charge < -0.3 is 9.32 Å². The summed E-state index contributed by atoms with van der Waals surface area (Å²) >= 11 is 1.36. The van der Waals surface area contributed by atoms with E-state index < -0.39 is 0 Å². The summed E-state index contributed by atoms with van der Waals surface area (Å²) in [6, 6.07) is 11.1. The fourth-order valence-electron chi connectivity index (χ4n) is 2.86. The molecule has 6 nitrogen and oxygen atoms in total. The Balaban J connectivity index is 1.70. The van der Waals surface area contributed by atoms with Crippen LogP contribution in [0.4, 0.5) is 5.69 Å². The summed E-state index contributed by atoms with van der Waals surface area (Å²) in [6.07, 6.45) is 1.75. The molecular formula is C19H17N3O3S. The third-order valence-electron chi connectivity index (χ3n) is 4.23. The van der Waals surface area contributed by atoms with Crippen molar-refractivity contribution in [3.8, 4) is 0 Å². The van der Waals surface area contributed by atoms with Gasteiger partial charge in [-0.05, 0) is 38.1 Å². The van der Waals surface area contributed by atoms with Crippen LogP contribution >= 0.6 is 11.3 Å². The maximum Gasteiger partial charge on any atom is 0.271 e. The lowest BCUT2D eigenvalue weighted by atomic mass is 10.1. The molecule has 0 atom stereocenters. The number of furan rings is 1. The first-order valence-electron chi connectivity index (χ1n) is 8.19. The molecule has 0 aliphatic carbocycles. The smallest absolute Gasteiger partial charge is 0.271 e. The number of Topliss-reactive ketones (excluding diaryl/α,β-unsaturated/α-hetero) is 1. The zero-order valence-corrected chi connectivity index (χ0v) is 15.2. The summed E-state index contributed by atoms with van der Waals surface area (Å²) in [7, 11) is 0. The fraction of sp³-hybridized carbons (Fsp3) is 0.211. The molecule has 0 N–H and O–H groups in total. The van der Waals surface area contributed by atoms with Gasteiger partial charge in [0.05, 0.1) is 4.53 Å². The molecule has 0 bridgehead atoms. The summed E-state index contributed by atoms with van der Waals surface area (Å²) in [4.78, 5) is 31.5. The molecule has 1 aromatic carbocycles. The molecule has 7 heteroatoms. The highest BCUT2D eigenvalue weighted by atomic mass is 32.1. The molecule has 4 rings (SSSR count). The first-order valence-corrected chi connectivity index (χ1v) is 9.01. The van der Waals surface area contributed by atoms with E-state index in [1.807, 2.05) is 42.2 Å². The first kappa shape index (κ1) is 16.5. The van der Waals surface area contributed by atoms with Gasteiger partial charge in [0.2, 0.25) is 0 Å². The van der Waals surface area contributed by atoms with Crippen molar-refractivity contribution in [1.29, 1.82) is 0 Å².